The highest BCUT2D eigenvalue weighted by atomic mass is 16.7. The van der Waals surface area contributed by atoms with Gasteiger partial charge in [-0.3, -0.25) is 0 Å². The third-order valence-electron chi connectivity index (χ3n) is 3.45. The van der Waals surface area contributed by atoms with Crippen molar-refractivity contribution in [2.75, 3.05) is 13.2 Å². The van der Waals surface area contributed by atoms with Crippen LogP contribution in [0.1, 0.15) is 31.4 Å². The minimum atomic E-state index is -0.243. The van der Waals surface area contributed by atoms with Crippen LogP contribution in [0.4, 0.5) is 0 Å². The Hall–Kier alpha value is -1.06. The van der Waals surface area contributed by atoms with Gasteiger partial charge in [-0.1, -0.05) is 5.57 Å². The van der Waals surface area contributed by atoms with Gasteiger partial charge in [0, 0.05) is 24.7 Å². The molecule has 16 heavy (non-hydrogen) atoms. The minimum Gasteiger partial charge on any atom is -0.362 e. The summed E-state index contributed by atoms with van der Waals surface area (Å²) in [6.45, 7) is 1.52. The van der Waals surface area contributed by atoms with E-state index in [1.807, 2.05) is 12.3 Å². The highest BCUT2D eigenvalue weighted by molar-refractivity contribution is 5.49. The predicted molar refractivity (Wildman–Crippen MR) is 61.9 cm³/mol. The Bertz CT molecular complexity index is 363. The van der Waals surface area contributed by atoms with Crippen LogP contribution >= 0.6 is 0 Å². The van der Waals surface area contributed by atoms with Crippen molar-refractivity contribution in [3.8, 4) is 0 Å². The summed E-state index contributed by atoms with van der Waals surface area (Å²) in [6.07, 6.45) is 8.37. The number of aromatic amines is 1. The van der Waals surface area contributed by atoms with E-state index in [1.165, 1.54) is 11.3 Å². The van der Waals surface area contributed by atoms with Crippen molar-refractivity contribution in [2.45, 2.75) is 31.5 Å². The lowest BCUT2D eigenvalue weighted by Crippen LogP contribution is -2.33. The monoisotopic (exact) mass is 219 g/mol. The summed E-state index contributed by atoms with van der Waals surface area (Å²) in [6, 6.07) is 4.12. The molecule has 1 aliphatic heterocycles. The maximum absolute atomic E-state index is 5.71. The van der Waals surface area contributed by atoms with Crippen LogP contribution in [0.2, 0.25) is 0 Å². The van der Waals surface area contributed by atoms with Crippen LogP contribution in [0.3, 0.4) is 0 Å². The molecule has 1 spiro atoms. The number of allylic oxidation sites excluding steroid dienone is 1. The van der Waals surface area contributed by atoms with E-state index in [2.05, 4.69) is 17.1 Å². The van der Waals surface area contributed by atoms with Crippen molar-refractivity contribution < 1.29 is 9.47 Å². The number of H-pyrrole nitrogens is 1. The van der Waals surface area contributed by atoms with E-state index < -0.39 is 0 Å². The first-order valence-electron chi connectivity index (χ1n) is 5.97. The van der Waals surface area contributed by atoms with Gasteiger partial charge in [-0.25, -0.2) is 0 Å². The molecule has 1 aromatic heterocycles. The van der Waals surface area contributed by atoms with Gasteiger partial charge >= 0.3 is 0 Å². The van der Waals surface area contributed by atoms with Crippen LogP contribution in [0.5, 0.6) is 0 Å². The predicted octanol–water partition coefficient (Wildman–Crippen LogP) is 2.72. The van der Waals surface area contributed by atoms with Crippen LogP contribution < -0.4 is 0 Å². The zero-order valence-corrected chi connectivity index (χ0v) is 9.37. The van der Waals surface area contributed by atoms with Crippen LogP contribution in [-0.4, -0.2) is 24.0 Å². The normalized spacial score (nSPS) is 23.9. The topological polar surface area (TPSA) is 34.2 Å². The van der Waals surface area contributed by atoms with Gasteiger partial charge in [-0.2, -0.15) is 0 Å². The SMILES string of the molecule is C(=C1CCC2(CC1)OCCO2)c1ccc[nH]1. The molecule has 1 saturated carbocycles. The van der Waals surface area contributed by atoms with Crippen molar-refractivity contribution in [3.63, 3.8) is 0 Å². The van der Waals surface area contributed by atoms with E-state index in [4.69, 9.17) is 9.47 Å². The molecule has 3 nitrogen and oxygen atoms in total. The number of ether oxygens (including phenoxy) is 2. The van der Waals surface area contributed by atoms with Gasteiger partial charge in [-0.05, 0) is 31.1 Å². The Morgan fingerprint density at radius 3 is 2.56 bits per heavy atom. The fourth-order valence-corrected chi connectivity index (χ4v) is 2.54. The van der Waals surface area contributed by atoms with E-state index in [1.54, 1.807) is 0 Å². The molecule has 1 aliphatic carbocycles. The van der Waals surface area contributed by atoms with Crippen LogP contribution in [-0.2, 0) is 9.47 Å². The van der Waals surface area contributed by atoms with Crippen molar-refractivity contribution in [3.05, 3.63) is 29.6 Å². The second-order valence-corrected chi connectivity index (χ2v) is 4.54. The second kappa shape index (κ2) is 4.07. The van der Waals surface area contributed by atoms with Crippen molar-refractivity contribution in [2.24, 2.45) is 0 Å². The lowest BCUT2D eigenvalue weighted by atomic mass is 9.89. The number of hydrogen-bond donors (Lipinski definition) is 1. The van der Waals surface area contributed by atoms with Crippen LogP contribution in [0.25, 0.3) is 6.08 Å². The van der Waals surface area contributed by atoms with Crippen molar-refractivity contribution >= 4 is 6.08 Å². The molecular formula is C13H17NO2. The van der Waals surface area contributed by atoms with Crippen LogP contribution in [0, 0.1) is 0 Å². The molecule has 86 valence electrons. The lowest BCUT2D eigenvalue weighted by Gasteiger charge is -2.32. The standard InChI is InChI=1S/C13H17NO2/c1-2-12(14-7-1)10-11-3-5-13(6-4-11)15-8-9-16-13/h1-2,7,10,14H,3-6,8-9H2. The molecule has 0 radical (unpaired) electrons. The molecule has 1 aromatic rings. The number of hydrogen-bond acceptors (Lipinski definition) is 2. The molecule has 1 saturated heterocycles. The Morgan fingerprint density at radius 1 is 1.19 bits per heavy atom. The fourth-order valence-electron chi connectivity index (χ4n) is 2.54. The first-order valence-corrected chi connectivity index (χ1v) is 5.97. The Labute approximate surface area is 95.5 Å². The number of rotatable bonds is 1. The summed E-state index contributed by atoms with van der Waals surface area (Å²) in [4.78, 5) is 3.21. The molecule has 1 N–H and O–H groups in total. The first kappa shape index (κ1) is 10.1. The van der Waals surface area contributed by atoms with E-state index in [0.29, 0.717) is 0 Å². The van der Waals surface area contributed by atoms with Gasteiger partial charge < -0.3 is 14.5 Å². The zero-order chi connectivity index (χ0) is 10.8. The van der Waals surface area contributed by atoms with Crippen molar-refractivity contribution in [1.29, 1.82) is 0 Å². The summed E-state index contributed by atoms with van der Waals surface area (Å²) in [5.74, 6) is -0.243. The average molecular weight is 219 g/mol. The van der Waals surface area contributed by atoms with E-state index in [9.17, 15) is 0 Å². The molecule has 0 amide bonds. The molecule has 3 heteroatoms. The second-order valence-electron chi connectivity index (χ2n) is 4.54. The zero-order valence-electron chi connectivity index (χ0n) is 9.37. The molecule has 0 atom stereocenters. The minimum absolute atomic E-state index is 0.243. The van der Waals surface area contributed by atoms with Gasteiger partial charge in [0.1, 0.15) is 0 Å². The summed E-state index contributed by atoms with van der Waals surface area (Å²) in [5.41, 5.74) is 2.69. The summed E-state index contributed by atoms with van der Waals surface area (Å²) >= 11 is 0. The fraction of sp³-hybridized carbons (Fsp3) is 0.538. The third kappa shape index (κ3) is 1.93. The largest absolute Gasteiger partial charge is 0.362 e. The van der Waals surface area contributed by atoms with E-state index in [0.717, 1.165) is 38.9 Å². The molecule has 0 unspecified atom stereocenters. The van der Waals surface area contributed by atoms with Crippen LogP contribution in [0.15, 0.2) is 23.9 Å². The molecular weight excluding hydrogens is 202 g/mol. The summed E-state index contributed by atoms with van der Waals surface area (Å²) < 4.78 is 11.4. The third-order valence-corrected chi connectivity index (χ3v) is 3.45. The van der Waals surface area contributed by atoms with Gasteiger partial charge in [0.15, 0.2) is 5.79 Å². The van der Waals surface area contributed by atoms with Gasteiger partial charge in [0.2, 0.25) is 0 Å². The maximum atomic E-state index is 5.71. The molecule has 2 heterocycles. The maximum Gasteiger partial charge on any atom is 0.169 e. The highest BCUT2D eigenvalue weighted by Crippen LogP contribution is 2.38. The summed E-state index contributed by atoms with van der Waals surface area (Å²) in [5, 5.41) is 0. The first-order chi connectivity index (χ1) is 7.86. The van der Waals surface area contributed by atoms with Gasteiger partial charge in [-0.15, -0.1) is 0 Å². The van der Waals surface area contributed by atoms with Crippen molar-refractivity contribution in [1.82, 2.24) is 4.98 Å². The van der Waals surface area contributed by atoms with Gasteiger partial charge in [0.05, 0.1) is 13.2 Å². The molecule has 2 aliphatic rings. The Morgan fingerprint density at radius 2 is 1.94 bits per heavy atom. The molecule has 3 rings (SSSR count). The molecule has 0 aromatic carbocycles. The quantitative estimate of drug-likeness (QED) is 0.788. The molecule has 0 bridgehead atoms. The molecule has 2 fully saturated rings. The number of aromatic nitrogens is 1. The highest BCUT2D eigenvalue weighted by Gasteiger charge is 2.38. The van der Waals surface area contributed by atoms with Gasteiger partial charge in [0.25, 0.3) is 0 Å². The smallest absolute Gasteiger partial charge is 0.169 e. The number of nitrogens with one attached hydrogen (secondary N) is 1. The Balaban J connectivity index is 1.66. The Kier molecular flexibility index (Phi) is 2.58. The summed E-state index contributed by atoms with van der Waals surface area (Å²) in [7, 11) is 0. The van der Waals surface area contributed by atoms with E-state index in [-0.39, 0.29) is 5.79 Å². The van der Waals surface area contributed by atoms with E-state index >= 15 is 0 Å². The average Bonchev–Trinajstić information content (AvgIpc) is 2.94. The lowest BCUT2D eigenvalue weighted by molar-refractivity contribution is -0.171.